The predicted molar refractivity (Wildman–Crippen MR) is 120 cm³/mol. The van der Waals surface area contributed by atoms with E-state index in [0.29, 0.717) is 12.2 Å². The van der Waals surface area contributed by atoms with Gasteiger partial charge in [-0.2, -0.15) is 0 Å². The van der Waals surface area contributed by atoms with Crippen molar-refractivity contribution < 1.29 is 13.2 Å². The van der Waals surface area contributed by atoms with Crippen molar-refractivity contribution in [1.82, 2.24) is 4.72 Å². The van der Waals surface area contributed by atoms with Crippen LogP contribution in [0.2, 0.25) is 0 Å². The van der Waals surface area contributed by atoms with E-state index in [9.17, 15) is 8.42 Å². The summed E-state index contributed by atoms with van der Waals surface area (Å²) < 4.78 is 35.2. The molecule has 1 N–H and O–H groups in total. The van der Waals surface area contributed by atoms with Gasteiger partial charge in [0, 0.05) is 39.7 Å². The second-order valence-corrected chi connectivity index (χ2v) is 9.47. The van der Waals surface area contributed by atoms with Gasteiger partial charge in [0.2, 0.25) is 0 Å². The lowest BCUT2D eigenvalue weighted by Crippen LogP contribution is -2.43. The van der Waals surface area contributed by atoms with Gasteiger partial charge in [0.15, 0.2) is 5.60 Å². The number of rotatable bonds is 3. The van der Waals surface area contributed by atoms with E-state index >= 15 is 0 Å². The third kappa shape index (κ3) is 2.75. The van der Waals surface area contributed by atoms with Gasteiger partial charge in [-0.25, -0.2) is 8.42 Å². The fourth-order valence-electron chi connectivity index (χ4n) is 4.39. The van der Waals surface area contributed by atoms with Crippen LogP contribution in [0.15, 0.2) is 106 Å². The lowest BCUT2D eigenvalue weighted by atomic mass is 9.76. The molecule has 152 valence electrons. The van der Waals surface area contributed by atoms with Gasteiger partial charge >= 0.3 is 0 Å². The highest BCUT2D eigenvalue weighted by molar-refractivity contribution is 7.89. The van der Waals surface area contributed by atoms with E-state index < -0.39 is 15.6 Å². The maximum atomic E-state index is 12.9. The standard InChI is InChI=1S/C25H18N2O3S/c28-31(29,22-7-2-1-3-8-22)27-21-12-11-19-5-4-6-20-13-17-9-10-18-15-26-16-23(18)24(17)30-25(19,20)14-21/h1-15,27H,16H2. The SMILES string of the molecule is O=S(=O)(NC1=CC23Oc4c(ccc5c4CN=C5)C=C2C=CC=C3C=C1)c1ccccc1. The van der Waals surface area contributed by atoms with Crippen LogP contribution in [0, 0.1) is 0 Å². The average Bonchev–Trinajstić information content (AvgIpc) is 3.26. The van der Waals surface area contributed by atoms with Crippen LogP contribution in [0.3, 0.4) is 0 Å². The molecule has 4 aliphatic rings. The van der Waals surface area contributed by atoms with Gasteiger partial charge in [-0.15, -0.1) is 0 Å². The van der Waals surface area contributed by atoms with Crippen molar-refractivity contribution in [3.05, 3.63) is 112 Å². The van der Waals surface area contributed by atoms with Gasteiger partial charge < -0.3 is 4.74 Å². The fraction of sp³-hybridized carbons (Fsp3) is 0.0800. The van der Waals surface area contributed by atoms with Crippen molar-refractivity contribution in [3.63, 3.8) is 0 Å². The van der Waals surface area contributed by atoms with Gasteiger partial charge in [-0.3, -0.25) is 9.71 Å². The summed E-state index contributed by atoms with van der Waals surface area (Å²) in [6, 6.07) is 12.4. The number of sulfonamides is 1. The summed E-state index contributed by atoms with van der Waals surface area (Å²) in [6.45, 7) is 0.583. The Morgan fingerprint density at radius 2 is 1.81 bits per heavy atom. The first kappa shape index (κ1) is 18.2. The van der Waals surface area contributed by atoms with E-state index in [0.717, 1.165) is 33.6 Å². The average molecular weight is 426 g/mol. The number of allylic oxidation sites excluding steroid dienone is 3. The molecule has 2 aliphatic carbocycles. The van der Waals surface area contributed by atoms with Crippen LogP contribution in [0.25, 0.3) is 6.08 Å². The van der Waals surface area contributed by atoms with E-state index in [2.05, 4.69) is 21.9 Å². The van der Waals surface area contributed by atoms with Crippen LogP contribution >= 0.6 is 0 Å². The number of nitrogens with zero attached hydrogens (tertiary/aromatic N) is 1. The molecule has 1 unspecified atom stereocenters. The second kappa shape index (κ2) is 6.43. The summed E-state index contributed by atoms with van der Waals surface area (Å²) in [5, 5.41) is 0. The third-order valence-electron chi connectivity index (χ3n) is 5.90. The monoisotopic (exact) mass is 426 g/mol. The molecule has 6 rings (SSSR count). The number of hydrogen-bond donors (Lipinski definition) is 1. The summed E-state index contributed by atoms with van der Waals surface area (Å²) in [4.78, 5) is 4.60. The Morgan fingerprint density at radius 3 is 2.68 bits per heavy atom. The Balaban J connectivity index is 1.45. The number of aliphatic imine (C=N–C) groups is 1. The number of hydrogen-bond acceptors (Lipinski definition) is 4. The Labute approximate surface area is 180 Å². The summed E-state index contributed by atoms with van der Waals surface area (Å²) in [6.07, 6.45) is 15.5. The van der Waals surface area contributed by atoms with E-state index in [4.69, 9.17) is 4.74 Å². The molecule has 0 bridgehead atoms. The quantitative estimate of drug-likeness (QED) is 0.805. The highest BCUT2D eigenvalue weighted by atomic mass is 32.2. The van der Waals surface area contributed by atoms with Gasteiger partial charge in [-0.1, -0.05) is 54.6 Å². The highest BCUT2D eigenvalue weighted by Gasteiger charge is 2.43. The summed E-state index contributed by atoms with van der Waals surface area (Å²) >= 11 is 0. The minimum absolute atomic E-state index is 0.215. The van der Waals surface area contributed by atoms with E-state index in [1.54, 1.807) is 36.4 Å². The van der Waals surface area contributed by atoms with E-state index in [1.807, 2.05) is 42.7 Å². The van der Waals surface area contributed by atoms with Gasteiger partial charge in [0.1, 0.15) is 5.75 Å². The lowest BCUT2D eigenvalue weighted by molar-refractivity contribution is 0.195. The molecular formula is C25H18N2O3S. The molecular weight excluding hydrogens is 408 g/mol. The number of fused-ring (bicyclic) bond motifs is 3. The summed E-state index contributed by atoms with van der Waals surface area (Å²) in [5.41, 5.74) is 4.61. The molecule has 2 aromatic carbocycles. The third-order valence-corrected chi connectivity index (χ3v) is 7.29. The zero-order valence-electron chi connectivity index (χ0n) is 16.4. The van der Waals surface area contributed by atoms with Crippen LogP contribution < -0.4 is 9.46 Å². The summed E-state index contributed by atoms with van der Waals surface area (Å²) in [5.74, 6) is 0.803. The van der Waals surface area contributed by atoms with Gasteiger partial charge in [0.05, 0.1) is 11.4 Å². The van der Waals surface area contributed by atoms with Gasteiger partial charge in [0.25, 0.3) is 10.0 Å². The number of ether oxygens (including phenoxy) is 1. The summed E-state index contributed by atoms with van der Waals surface area (Å²) in [7, 11) is -3.71. The van der Waals surface area contributed by atoms with Crippen LogP contribution in [0.4, 0.5) is 0 Å². The Hall–Kier alpha value is -3.64. The number of nitrogens with one attached hydrogen (secondary N) is 1. The lowest BCUT2D eigenvalue weighted by Gasteiger charge is -2.41. The maximum absolute atomic E-state index is 12.9. The molecule has 5 nitrogen and oxygen atoms in total. The molecule has 2 aromatic rings. The highest BCUT2D eigenvalue weighted by Crippen LogP contribution is 2.47. The molecule has 0 radical (unpaired) electrons. The molecule has 6 heteroatoms. The molecule has 0 saturated carbocycles. The predicted octanol–water partition coefficient (Wildman–Crippen LogP) is 4.06. The molecule has 2 heterocycles. The minimum Gasteiger partial charge on any atom is -0.473 e. The fourth-order valence-corrected chi connectivity index (χ4v) is 5.46. The first-order valence-corrected chi connectivity index (χ1v) is 11.5. The second-order valence-electron chi connectivity index (χ2n) is 7.79. The topological polar surface area (TPSA) is 67.8 Å². The van der Waals surface area contributed by atoms with Crippen molar-refractivity contribution in [3.8, 4) is 5.75 Å². The zero-order chi connectivity index (χ0) is 21.1. The van der Waals surface area contributed by atoms with Crippen LogP contribution in [0.5, 0.6) is 5.75 Å². The van der Waals surface area contributed by atoms with Crippen molar-refractivity contribution in [2.24, 2.45) is 4.99 Å². The van der Waals surface area contributed by atoms with E-state index in [1.165, 1.54) is 0 Å². The number of benzene rings is 2. The first-order chi connectivity index (χ1) is 15.1. The van der Waals surface area contributed by atoms with Crippen molar-refractivity contribution in [2.45, 2.75) is 17.0 Å². The van der Waals surface area contributed by atoms with Crippen molar-refractivity contribution in [2.75, 3.05) is 0 Å². The molecule has 0 fully saturated rings. The Kier molecular flexibility index (Phi) is 3.76. The minimum atomic E-state index is -3.71. The molecule has 0 saturated heterocycles. The smallest absolute Gasteiger partial charge is 0.261 e. The van der Waals surface area contributed by atoms with Crippen LogP contribution in [0.1, 0.15) is 16.7 Å². The normalized spacial score (nSPS) is 22.3. The van der Waals surface area contributed by atoms with Crippen LogP contribution in [-0.2, 0) is 16.6 Å². The largest absolute Gasteiger partial charge is 0.473 e. The zero-order valence-corrected chi connectivity index (χ0v) is 17.3. The maximum Gasteiger partial charge on any atom is 0.261 e. The van der Waals surface area contributed by atoms with E-state index in [-0.39, 0.29) is 4.90 Å². The Bertz CT molecular complexity index is 1410. The molecule has 1 atom stereocenters. The molecule has 2 aliphatic heterocycles. The molecule has 0 amide bonds. The molecule has 0 aromatic heterocycles. The molecule has 1 spiro atoms. The Morgan fingerprint density at radius 1 is 0.968 bits per heavy atom. The van der Waals surface area contributed by atoms with Gasteiger partial charge in [-0.05, 0) is 30.4 Å². The van der Waals surface area contributed by atoms with Crippen molar-refractivity contribution in [1.29, 1.82) is 0 Å². The van der Waals surface area contributed by atoms with Crippen molar-refractivity contribution >= 4 is 22.3 Å². The first-order valence-electron chi connectivity index (χ1n) is 10.00. The molecule has 31 heavy (non-hydrogen) atoms. The van der Waals surface area contributed by atoms with Crippen LogP contribution in [-0.4, -0.2) is 20.2 Å².